The van der Waals surface area contributed by atoms with E-state index in [0.29, 0.717) is 23.1 Å². The standard InChI is InChI=1S/C16H16N2O2S/c1-3-13(19)18-14(11-7-5-4-6-8-11)17-15-12(16(18)20)9-10(2)21-15/h4-8,10H,3,9H2,1-2H3/t10-/m1/s1. The van der Waals surface area contributed by atoms with Gasteiger partial charge in [0.15, 0.2) is 5.82 Å². The van der Waals surface area contributed by atoms with Gasteiger partial charge in [-0.3, -0.25) is 9.59 Å². The van der Waals surface area contributed by atoms with Crippen LogP contribution in [0.2, 0.25) is 0 Å². The van der Waals surface area contributed by atoms with Crippen LogP contribution in [0.25, 0.3) is 11.4 Å². The molecule has 2 aromatic rings. The van der Waals surface area contributed by atoms with Gasteiger partial charge in [-0.1, -0.05) is 44.2 Å². The van der Waals surface area contributed by atoms with Crippen LogP contribution in [0, 0.1) is 0 Å². The summed E-state index contributed by atoms with van der Waals surface area (Å²) in [6.07, 6.45) is 0.959. The second-order valence-electron chi connectivity index (χ2n) is 5.11. The van der Waals surface area contributed by atoms with Crippen molar-refractivity contribution < 1.29 is 4.79 Å². The molecule has 21 heavy (non-hydrogen) atoms. The highest BCUT2D eigenvalue weighted by atomic mass is 32.2. The van der Waals surface area contributed by atoms with E-state index in [1.165, 1.54) is 4.57 Å². The maximum absolute atomic E-state index is 12.7. The van der Waals surface area contributed by atoms with Crippen LogP contribution in [0.3, 0.4) is 0 Å². The summed E-state index contributed by atoms with van der Waals surface area (Å²) >= 11 is 1.61. The van der Waals surface area contributed by atoms with Crippen molar-refractivity contribution in [3.8, 4) is 11.4 Å². The van der Waals surface area contributed by atoms with Crippen LogP contribution >= 0.6 is 11.8 Å². The van der Waals surface area contributed by atoms with Crippen LogP contribution < -0.4 is 5.56 Å². The second kappa shape index (κ2) is 5.48. The lowest BCUT2D eigenvalue weighted by Crippen LogP contribution is -2.31. The normalized spacial score (nSPS) is 16.8. The number of fused-ring (bicyclic) bond motifs is 1. The molecule has 0 saturated carbocycles. The number of hydrogen-bond acceptors (Lipinski definition) is 4. The fraction of sp³-hybridized carbons (Fsp3) is 0.312. The second-order valence-corrected chi connectivity index (χ2v) is 6.53. The van der Waals surface area contributed by atoms with Crippen molar-refractivity contribution in [2.45, 2.75) is 37.0 Å². The summed E-state index contributed by atoms with van der Waals surface area (Å²) in [6, 6.07) is 9.40. The van der Waals surface area contributed by atoms with Crippen LogP contribution in [-0.4, -0.2) is 20.7 Å². The predicted octanol–water partition coefficient (Wildman–Crippen LogP) is 3.00. The maximum Gasteiger partial charge on any atom is 0.264 e. The van der Waals surface area contributed by atoms with Crippen molar-refractivity contribution in [3.05, 3.63) is 46.2 Å². The first kappa shape index (κ1) is 14.1. The lowest BCUT2D eigenvalue weighted by molar-refractivity contribution is 0.0904. The van der Waals surface area contributed by atoms with E-state index in [-0.39, 0.29) is 17.9 Å². The minimum absolute atomic E-state index is 0.206. The monoisotopic (exact) mass is 300 g/mol. The molecule has 0 N–H and O–H groups in total. The molecular formula is C16H16N2O2S. The van der Waals surface area contributed by atoms with E-state index in [1.807, 2.05) is 30.3 Å². The van der Waals surface area contributed by atoms with Crippen molar-refractivity contribution in [3.63, 3.8) is 0 Å². The number of aromatic nitrogens is 2. The molecule has 0 bridgehead atoms. The molecule has 0 amide bonds. The zero-order valence-electron chi connectivity index (χ0n) is 12.0. The van der Waals surface area contributed by atoms with Crippen LogP contribution in [0.1, 0.15) is 30.6 Å². The summed E-state index contributed by atoms with van der Waals surface area (Å²) in [7, 11) is 0. The largest absolute Gasteiger partial charge is 0.274 e. The SMILES string of the molecule is CCC(=O)n1c(-c2ccccc2)nc2c(c1=O)C[C@@H](C)S2. The molecule has 1 aromatic carbocycles. The first-order valence-corrected chi connectivity index (χ1v) is 7.91. The molecule has 1 atom stereocenters. The molecule has 1 aliphatic rings. The smallest absolute Gasteiger partial charge is 0.264 e. The Morgan fingerprint density at radius 2 is 2.10 bits per heavy atom. The summed E-state index contributed by atoms with van der Waals surface area (Å²) in [6.45, 7) is 3.83. The van der Waals surface area contributed by atoms with Gasteiger partial charge in [0.25, 0.3) is 5.56 Å². The molecule has 0 radical (unpaired) electrons. The molecule has 4 nitrogen and oxygen atoms in total. The van der Waals surface area contributed by atoms with Gasteiger partial charge in [0.05, 0.1) is 5.56 Å². The summed E-state index contributed by atoms with van der Waals surface area (Å²) in [5, 5.41) is 1.10. The third-order valence-electron chi connectivity index (χ3n) is 3.53. The van der Waals surface area contributed by atoms with Crippen LogP contribution in [-0.2, 0) is 6.42 Å². The van der Waals surface area contributed by atoms with Crippen LogP contribution in [0.15, 0.2) is 40.2 Å². The van der Waals surface area contributed by atoms with Crippen molar-refractivity contribution in [1.82, 2.24) is 9.55 Å². The number of carbonyl (C=O) groups excluding carboxylic acids is 1. The Bertz CT molecular complexity index is 753. The molecular weight excluding hydrogens is 284 g/mol. The van der Waals surface area contributed by atoms with E-state index in [0.717, 1.165) is 10.6 Å². The average molecular weight is 300 g/mol. The molecule has 3 rings (SSSR count). The zero-order chi connectivity index (χ0) is 15.0. The highest BCUT2D eigenvalue weighted by Crippen LogP contribution is 2.34. The maximum atomic E-state index is 12.7. The van der Waals surface area contributed by atoms with E-state index in [1.54, 1.807) is 18.7 Å². The van der Waals surface area contributed by atoms with Gasteiger partial charge in [-0.2, -0.15) is 0 Å². The van der Waals surface area contributed by atoms with E-state index in [9.17, 15) is 9.59 Å². The number of carbonyl (C=O) groups is 1. The molecule has 2 heterocycles. The van der Waals surface area contributed by atoms with Crippen molar-refractivity contribution in [2.75, 3.05) is 0 Å². The molecule has 0 spiro atoms. The molecule has 0 aliphatic carbocycles. The van der Waals surface area contributed by atoms with Crippen LogP contribution in [0.5, 0.6) is 0 Å². The van der Waals surface area contributed by atoms with E-state index in [4.69, 9.17) is 0 Å². The lowest BCUT2D eigenvalue weighted by atomic mass is 10.1. The van der Waals surface area contributed by atoms with Gasteiger partial charge in [-0.25, -0.2) is 9.55 Å². The lowest BCUT2D eigenvalue weighted by Gasteiger charge is -2.12. The Kier molecular flexibility index (Phi) is 3.68. The zero-order valence-corrected chi connectivity index (χ0v) is 12.8. The Hall–Kier alpha value is -1.88. The number of rotatable bonds is 2. The highest BCUT2D eigenvalue weighted by molar-refractivity contribution is 8.00. The van der Waals surface area contributed by atoms with Gasteiger partial charge in [0, 0.05) is 17.2 Å². The van der Waals surface area contributed by atoms with Crippen molar-refractivity contribution in [2.24, 2.45) is 0 Å². The van der Waals surface area contributed by atoms with Gasteiger partial charge in [0.2, 0.25) is 5.91 Å². The fourth-order valence-electron chi connectivity index (χ4n) is 2.50. The first-order valence-electron chi connectivity index (χ1n) is 7.03. The molecule has 1 aromatic heterocycles. The van der Waals surface area contributed by atoms with E-state index < -0.39 is 0 Å². The summed E-state index contributed by atoms with van der Waals surface area (Å²) in [5.41, 5.74) is 1.26. The minimum Gasteiger partial charge on any atom is -0.274 e. The highest BCUT2D eigenvalue weighted by Gasteiger charge is 2.27. The van der Waals surface area contributed by atoms with Crippen molar-refractivity contribution >= 4 is 17.7 Å². The topological polar surface area (TPSA) is 52.0 Å². The summed E-state index contributed by atoms with van der Waals surface area (Å²) < 4.78 is 1.24. The number of nitrogens with zero attached hydrogens (tertiary/aromatic N) is 2. The van der Waals surface area contributed by atoms with E-state index >= 15 is 0 Å². The van der Waals surface area contributed by atoms with Gasteiger partial charge in [-0.05, 0) is 6.42 Å². The minimum atomic E-state index is -0.210. The molecule has 0 saturated heterocycles. The third kappa shape index (κ3) is 2.42. The van der Waals surface area contributed by atoms with Crippen LogP contribution in [0.4, 0.5) is 0 Å². The van der Waals surface area contributed by atoms with Gasteiger partial charge >= 0.3 is 0 Å². The van der Waals surface area contributed by atoms with Gasteiger partial charge in [-0.15, -0.1) is 11.8 Å². The number of benzene rings is 1. The number of hydrogen-bond donors (Lipinski definition) is 0. The average Bonchev–Trinajstić information content (AvgIpc) is 2.88. The van der Waals surface area contributed by atoms with Crippen molar-refractivity contribution in [1.29, 1.82) is 0 Å². The van der Waals surface area contributed by atoms with Gasteiger partial charge in [0.1, 0.15) is 5.03 Å². The molecule has 0 unspecified atom stereocenters. The molecule has 1 aliphatic heterocycles. The predicted molar refractivity (Wildman–Crippen MR) is 83.9 cm³/mol. The van der Waals surface area contributed by atoms with Gasteiger partial charge < -0.3 is 0 Å². The molecule has 108 valence electrons. The third-order valence-corrected chi connectivity index (χ3v) is 4.66. The number of thioether (sulfide) groups is 1. The Morgan fingerprint density at radius 3 is 2.76 bits per heavy atom. The molecule has 0 fully saturated rings. The summed E-state index contributed by atoms with van der Waals surface area (Å²) in [4.78, 5) is 29.5. The Labute approximate surface area is 127 Å². The van der Waals surface area contributed by atoms with E-state index in [2.05, 4.69) is 11.9 Å². The molecule has 5 heteroatoms. The Morgan fingerprint density at radius 1 is 1.38 bits per heavy atom. The fourth-order valence-corrected chi connectivity index (χ4v) is 3.58. The first-order chi connectivity index (χ1) is 10.1. The quantitative estimate of drug-likeness (QED) is 0.800. The Balaban J connectivity index is 2.29. The summed E-state index contributed by atoms with van der Waals surface area (Å²) in [5.74, 6) is 0.242.